The quantitative estimate of drug-likeness (QED) is 0.929. The second kappa shape index (κ2) is 6.10. The second-order valence-electron chi connectivity index (χ2n) is 5.10. The van der Waals surface area contributed by atoms with Gasteiger partial charge in [-0.1, -0.05) is 22.9 Å². The van der Waals surface area contributed by atoms with Crippen LogP contribution in [0.15, 0.2) is 18.2 Å². The van der Waals surface area contributed by atoms with Crippen LogP contribution >= 0.6 is 22.9 Å². The number of benzene rings is 1. The Morgan fingerprint density at radius 1 is 1.59 bits per heavy atom. The third-order valence-corrected chi connectivity index (χ3v) is 4.52. The normalized spacial score (nSPS) is 17.8. The first-order valence-corrected chi connectivity index (χ1v) is 7.98. The van der Waals surface area contributed by atoms with Gasteiger partial charge in [-0.25, -0.2) is 9.78 Å². The molecule has 6 nitrogen and oxygen atoms in total. The van der Waals surface area contributed by atoms with Crippen molar-refractivity contribution in [3.05, 3.63) is 23.2 Å². The molecule has 1 saturated heterocycles. The maximum absolute atomic E-state index is 12.0. The number of carbonyl (C=O) groups is 2. The Hall–Kier alpha value is -1.86. The smallest absolute Gasteiger partial charge is 0.409 e. The number of thiazole rings is 1. The Balaban J connectivity index is 1.55. The number of halogens is 1. The minimum atomic E-state index is -0.339. The Morgan fingerprint density at radius 2 is 2.41 bits per heavy atom. The zero-order valence-electron chi connectivity index (χ0n) is 11.8. The zero-order valence-corrected chi connectivity index (χ0v) is 13.4. The van der Waals surface area contributed by atoms with Crippen LogP contribution in [-0.2, 0) is 9.53 Å². The molecule has 1 aliphatic heterocycles. The molecule has 8 heteroatoms. The van der Waals surface area contributed by atoms with Crippen LogP contribution in [0.1, 0.15) is 12.8 Å². The van der Waals surface area contributed by atoms with Gasteiger partial charge in [-0.3, -0.25) is 4.79 Å². The van der Waals surface area contributed by atoms with Gasteiger partial charge in [-0.2, -0.15) is 0 Å². The number of cyclic esters (lactones) is 1. The standard InChI is InChI=1S/C14H14ClN3O3S/c1-18-7-9(21-14(18)20)3-5-12(19)17-13-16-10-4-2-8(15)6-11(10)22-13/h2,4,6,9H,3,5,7H2,1H3,(H,16,17,19). The molecule has 0 bridgehead atoms. The molecule has 0 aliphatic carbocycles. The SMILES string of the molecule is CN1CC(CCC(=O)Nc2nc3ccc(Cl)cc3s2)OC1=O. The van der Waals surface area contributed by atoms with Crippen molar-refractivity contribution in [1.29, 1.82) is 0 Å². The van der Waals surface area contributed by atoms with E-state index < -0.39 is 0 Å². The van der Waals surface area contributed by atoms with Crippen LogP contribution in [0.5, 0.6) is 0 Å². The Bertz CT molecular complexity index is 733. The fraction of sp³-hybridized carbons (Fsp3) is 0.357. The number of anilines is 1. The molecule has 2 aromatic rings. The predicted octanol–water partition coefficient (Wildman–Crippen LogP) is 3.12. The van der Waals surface area contributed by atoms with Crippen LogP contribution in [-0.4, -0.2) is 41.6 Å². The van der Waals surface area contributed by atoms with Crippen molar-refractivity contribution in [2.24, 2.45) is 0 Å². The van der Waals surface area contributed by atoms with Gasteiger partial charge in [0, 0.05) is 18.5 Å². The number of aromatic nitrogens is 1. The van der Waals surface area contributed by atoms with Crippen LogP contribution in [0.25, 0.3) is 10.2 Å². The van der Waals surface area contributed by atoms with E-state index in [0.29, 0.717) is 23.1 Å². The molecule has 1 unspecified atom stereocenters. The van der Waals surface area contributed by atoms with Gasteiger partial charge in [0.15, 0.2) is 5.13 Å². The highest BCUT2D eigenvalue weighted by Crippen LogP contribution is 2.28. The van der Waals surface area contributed by atoms with Gasteiger partial charge in [0.25, 0.3) is 0 Å². The molecule has 1 atom stereocenters. The molecule has 0 saturated carbocycles. The molecule has 1 N–H and O–H groups in total. The number of carbonyl (C=O) groups excluding carboxylic acids is 2. The topological polar surface area (TPSA) is 71.5 Å². The summed E-state index contributed by atoms with van der Waals surface area (Å²) in [6.07, 6.45) is 0.215. The van der Waals surface area contributed by atoms with Crippen molar-refractivity contribution < 1.29 is 14.3 Å². The summed E-state index contributed by atoms with van der Waals surface area (Å²) in [5, 5.41) is 3.95. The van der Waals surface area contributed by atoms with E-state index in [1.54, 1.807) is 13.1 Å². The van der Waals surface area contributed by atoms with Crippen molar-refractivity contribution in [2.45, 2.75) is 18.9 Å². The molecular weight excluding hydrogens is 326 g/mol. The summed E-state index contributed by atoms with van der Waals surface area (Å²) in [5.74, 6) is -0.143. The van der Waals surface area contributed by atoms with E-state index in [1.165, 1.54) is 16.2 Å². The lowest BCUT2D eigenvalue weighted by molar-refractivity contribution is -0.116. The van der Waals surface area contributed by atoms with E-state index in [-0.39, 0.29) is 24.5 Å². The number of ether oxygens (including phenoxy) is 1. The summed E-state index contributed by atoms with van der Waals surface area (Å²) < 4.78 is 6.04. The molecule has 1 aromatic heterocycles. The number of nitrogens with zero attached hydrogens (tertiary/aromatic N) is 2. The van der Waals surface area contributed by atoms with Gasteiger partial charge in [-0.05, 0) is 24.6 Å². The van der Waals surface area contributed by atoms with E-state index in [9.17, 15) is 9.59 Å². The van der Waals surface area contributed by atoms with Crippen molar-refractivity contribution >= 4 is 50.3 Å². The number of hydrogen-bond donors (Lipinski definition) is 1. The third kappa shape index (κ3) is 3.31. The lowest BCUT2D eigenvalue weighted by Gasteiger charge is -2.07. The van der Waals surface area contributed by atoms with Gasteiger partial charge >= 0.3 is 6.09 Å². The maximum Gasteiger partial charge on any atom is 0.409 e. The highest BCUT2D eigenvalue weighted by atomic mass is 35.5. The fourth-order valence-corrected chi connectivity index (χ4v) is 3.38. The number of fused-ring (bicyclic) bond motifs is 1. The molecule has 1 fully saturated rings. The average molecular weight is 340 g/mol. The molecule has 22 heavy (non-hydrogen) atoms. The van der Waals surface area contributed by atoms with E-state index >= 15 is 0 Å². The first kappa shape index (κ1) is 15.1. The zero-order chi connectivity index (χ0) is 15.7. The average Bonchev–Trinajstić information content (AvgIpc) is 2.99. The van der Waals surface area contributed by atoms with Crippen LogP contribution < -0.4 is 5.32 Å². The van der Waals surface area contributed by atoms with Crippen molar-refractivity contribution in [1.82, 2.24) is 9.88 Å². The summed E-state index contributed by atoms with van der Waals surface area (Å²) in [7, 11) is 1.68. The maximum atomic E-state index is 12.0. The molecule has 0 radical (unpaired) electrons. The van der Waals surface area contributed by atoms with E-state index in [2.05, 4.69) is 10.3 Å². The summed E-state index contributed by atoms with van der Waals surface area (Å²) >= 11 is 7.30. The van der Waals surface area contributed by atoms with Gasteiger partial charge < -0.3 is 15.0 Å². The van der Waals surface area contributed by atoms with Crippen LogP contribution in [0, 0.1) is 0 Å². The molecule has 2 heterocycles. The van der Waals surface area contributed by atoms with Crippen molar-refractivity contribution in [3.8, 4) is 0 Å². The number of rotatable bonds is 4. The Morgan fingerprint density at radius 3 is 3.14 bits per heavy atom. The Kier molecular flexibility index (Phi) is 4.17. The lowest BCUT2D eigenvalue weighted by atomic mass is 10.2. The molecule has 2 amide bonds. The summed E-state index contributed by atoms with van der Waals surface area (Å²) in [6, 6.07) is 5.40. The number of amides is 2. The number of nitrogens with one attached hydrogen (secondary N) is 1. The second-order valence-corrected chi connectivity index (χ2v) is 6.57. The summed E-state index contributed by atoms with van der Waals surface area (Å²) in [6.45, 7) is 0.520. The van der Waals surface area contributed by atoms with Gasteiger partial charge in [0.05, 0.1) is 16.8 Å². The molecule has 1 aliphatic rings. The van der Waals surface area contributed by atoms with E-state index in [4.69, 9.17) is 16.3 Å². The van der Waals surface area contributed by atoms with Crippen LogP contribution in [0.4, 0.5) is 9.93 Å². The van der Waals surface area contributed by atoms with E-state index in [1.807, 2.05) is 12.1 Å². The first-order chi connectivity index (χ1) is 10.5. The predicted molar refractivity (Wildman–Crippen MR) is 85.4 cm³/mol. The van der Waals surface area contributed by atoms with Gasteiger partial charge in [-0.15, -0.1) is 0 Å². The highest BCUT2D eigenvalue weighted by Gasteiger charge is 2.28. The molecule has 3 rings (SSSR count). The minimum Gasteiger partial charge on any atom is -0.444 e. The Labute approximate surface area is 136 Å². The van der Waals surface area contributed by atoms with Crippen molar-refractivity contribution in [3.63, 3.8) is 0 Å². The number of likely N-dealkylation sites (N-methyl/N-ethyl adjacent to an activating group) is 1. The molecule has 0 spiro atoms. The molecular formula is C14H14ClN3O3S. The molecule has 116 valence electrons. The monoisotopic (exact) mass is 339 g/mol. The number of hydrogen-bond acceptors (Lipinski definition) is 5. The summed E-state index contributed by atoms with van der Waals surface area (Å²) in [5.41, 5.74) is 0.802. The van der Waals surface area contributed by atoms with Crippen LogP contribution in [0.3, 0.4) is 0 Å². The van der Waals surface area contributed by atoms with Gasteiger partial charge in [0.1, 0.15) is 6.10 Å². The largest absolute Gasteiger partial charge is 0.444 e. The van der Waals surface area contributed by atoms with Crippen molar-refractivity contribution in [2.75, 3.05) is 18.9 Å². The summed E-state index contributed by atoms with van der Waals surface area (Å²) in [4.78, 5) is 29.0. The lowest BCUT2D eigenvalue weighted by Crippen LogP contribution is -2.20. The first-order valence-electron chi connectivity index (χ1n) is 6.79. The third-order valence-electron chi connectivity index (χ3n) is 3.35. The van der Waals surface area contributed by atoms with Gasteiger partial charge in [0.2, 0.25) is 5.91 Å². The fourth-order valence-electron chi connectivity index (χ4n) is 2.23. The minimum absolute atomic E-state index is 0.143. The van der Waals surface area contributed by atoms with Crippen LogP contribution in [0.2, 0.25) is 5.02 Å². The molecule has 1 aromatic carbocycles. The highest BCUT2D eigenvalue weighted by molar-refractivity contribution is 7.22. The van der Waals surface area contributed by atoms with E-state index in [0.717, 1.165) is 10.2 Å².